The van der Waals surface area contributed by atoms with Crippen molar-refractivity contribution >= 4 is 5.78 Å². The van der Waals surface area contributed by atoms with Gasteiger partial charge in [-0.25, -0.2) is 0 Å². The number of carbonyl (C=O) groups is 1. The first kappa shape index (κ1) is 11.5. The molecule has 1 heterocycles. The fourth-order valence-corrected chi connectivity index (χ4v) is 1.73. The molecule has 0 fully saturated rings. The van der Waals surface area contributed by atoms with Crippen LogP contribution < -0.4 is 4.74 Å². The van der Waals surface area contributed by atoms with Crippen molar-refractivity contribution in [2.45, 2.75) is 13.3 Å². The molecular weight excluding hydrogens is 216 g/mol. The summed E-state index contributed by atoms with van der Waals surface area (Å²) in [6, 6.07) is 9.00. The number of aryl methyl sites for hydroxylation is 1. The standard InChI is InChI=1S/C14H14O3/c1-10-8-11(5-6-14(10)16-2)13(15)9-12-4-3-7-17-12/h3-8H,9H2,1-2H3. The first-order valence-electron chi connectivity index (χ1n) is 5.41. The van der Waals surface area contributed by atoms with Crippen LogP contribution in [0.25, 0.3) is 0 Å². The maximum absolute atomic E-state index is 12.0. The van der Waals surface area contributed by atoms with Crippen LogP contribution in [0.1, 0.15) is 21.7 Å². The minimum absolute atomic E-state index is 0.0469. The zero-order valence-corrected chi connectivity index (χ0v) is 9.90. The number of ether oxygens (including phenoxy) is 1. The van der Waals surface area contributed by atoms with E-state index in [2.05, 4.69) is 0 Å². The summed E-state index contributed by atoms with van der Waals surface area (Å²) in [7, 11) is 1.62. The second-order valence-electron chi connectivity index (χ2n) is 3.86. The van der Waals surface area contributed by atoms with Gasteiger partial charge in [-0.2, -0.15) is 0 Å². The maximum Gasteiger partial charge on any atom is 0.170 e. The molecule has 3 nitrogen and oxygen atoms in total. The van der Waals surface area contributed by atoms with Gasteiger partial charge in [0.05, 0.1) is 19.8 Å². The first-order chi connectivity index (χ1) is 8.20. The Morgan fingerprint density at radius 2 is 2.18 bits per heavy atom. The third kappa shape index (κ3) is 2.56. The lowest BCUT2D eigenvalue weighted by atomic mass is 10.0. The molecule has 0 amide bonds. The lowest BCUT2D eigenvalue weighted by molar-refractivity contribution is 0.0987. The molecule has 2 aromatic rings. The van der Waals surface area contributed by atoms with Crippen LogP contribution >= 0.6 is 0 Å². The zero-order chi connectivity index (χ0) is 12.3. The molecule has 0 unspecified atom stereocenters. The zero-order valence-electron chi connectivity index (χ0n) is 9.90. The number of rotatable bonds is 4. The molecule has 1 aromatic carbocycles. The predicted molar refractivity (Wildman–Crippen MR) is 64.5 cm³/mol. The van der Waals surface area contributed by atoms with Crippen LogP contribution in [0, 0.1) is 6.92 Å². The highest BCUT2D eigenvalue weighted by Crippen LogP contribution is 2.19. The number of furan rings is 1. The van der Waals surface area contributed by atoms with Crippen molar-refractivity contribution in [3.63, 3.8) is 0 Å². The van der Waals surface area contributed by atoms with E-state index in [1.165, 1.54) is 0 Å². The van der Waals surface area contributed by atoms with Crippen molar-refractivity contribution < 1.29 is 13.9 Å². The van der Waals surface area contributed by atoms with Crippen molar-refractivity contribution in [3.05, 3.63) is 53.5 Å². The molecule has 2 rings (SSSR count). The topological polar surface area (TPSA) is 39.4 Å². The maximum atomic E-state index is 12.0. The molecule has 0 radical (unpaired) electrons. The van der Waals surface area contributed by atoms with Crippen LogP contribution in [0.4, 0.5) is 0 Å². The molecule has 0 bridgehead atoms. The molecule has 1 aromatic heterocycles. The van der Waals surface area contributed by atoms with Crippen molar-refractivity contribution in [3.8, 4) is 5.75 Å². The van der Waals surface area contributed by atoms with Crippen LogP contribution in [0.15, 0.2) is 41.0 Å². The van der Waals surface area contributed by atoms with E-state index in [1.807, 2.05) is 19.1 Å². The summed E-state index contributed by atoms with van der Waals surface area (Å²) >= 11 is 0. The third-order valence-corrected chi connectivity index (χ3v) is 2.63. The molecule has 0 N–H and O–H groups in total. The minimum atomic E-state index is 0.0469. The molecule has 3 heteroatoms. The Labute approximate surface area is 100 Å². The van der Waals surface area contributed by atoms with Crippen molar-refractivity contribution in [1.82, 2.24) is 0 Å². The van der Waals surface area contributed by atoms with Gasteiger partial charge in [0, 0.05) is 5.56 Å². The van der Waals surface area contributed by atoms with E-state index in [4.69, 9.17) is 9.15 Å². The van der Waals surface area contributed by atoms with Crippen molar-refractivity contribution in [2.24, 2.45) is 0 Å². The van der Waals surface area contributed by atoms with Gasteiger partial charge < -0.3 is 9.15 Å². The summed E-state index contributed by atoms with van der Waals surface area (Å²) in [5.41, 5.74) is 1.64. The van der Waals surface area contributed by atoms with Crippen LogP contribution in [0.3, 0.4) is 0 Å². The molecule has 0 aliphatic heterocycles. The summed E-state index contributed by atoms with van der Waals surface area (Å²) < 4.78 is 10.3. The highest BCUT2D eigenvalue weighted by atomic mass is 16.5. The lowest BCUT2D eigenvalue weighted by Gasteiger charge is -2.06. The van der Waals surface area contributed by atoms with E-state index in [0.29, 0.717) is 17.7 Å². The Kier molecular flexibility index (Phi) is 3.28. The van der Waals surface area contributed by atoms with Gasteiger partial charge in [-0.05, 0) is 42.8 Å². The predicted octanol–water partition coefficient (Wildman–Crippen LogP) is 3.02. The van der Waals surface area contributed by atoms with Gasteiger partial charge in [-0.15, -0.1) is 0 Å². The number of carbonyl (C=O) groups excluding carboxylic acids is 1. The summed E-state index contributed by atoms with van der Waals surface area (Å²) in [5.74, 6) is 1.52. The molecule has 0 spiro atoms. The Hall–Kier alpha value is -2.03. The highest BCUT2D eigenvalue weighted by molar-refractivity contribution is 5.97. The van der Waals surface area contributed by atoms with Crippen LogP contribution in [0.5, 0.6) is 5.75 Å². The second kappa shape index (κ2) is 4.87. The molecule has 0 saturated heterocycles. The Morgan fingerprint density at radius 1 is 1.35 bits per heavy atom. The van der Waals surface area contributed by atoms with Gasteiger partial charge in [0.15, 0.2) is 5.78 Å². The van der Waals surface area contributed by atoms with Crippen molar-refractivity contribution in [2.75, 3.05) is 7.11 Å². The van der Waals surface area contributed by atoms with E-state index in [0.717, 1.165) is 11.3 Å². The van der Waals surface area contributed by atoms with E-state index in [1.54, 1.807) is 31.6 Å². The Morgan fingerprint density at radius 3 is 2.76 bits per heavy atom. The monoisotopic (exact) mass is 230 g/mol. The van der Waals surface area contributed by atoms with E-state index < -0.39 is 0 Å². The molecule has 17 heavy (non-hydrogen) atoms. The lowest BCUT2D eigenvalue weighted by Crippen LogP contribution is -2.03. The van der Waals surface area contributed by atoms with E-state index in [-0.39, 0.29) is 5.78 Å². The van der Waals surface area contributed by atoms with Gasteiger partial charge in [-0.3, -0.25) is 4.79 Å². The normalized spacial score (nSPS) is 10.2. The molecule has 0 aliphatic carbocycles. The molecule has 0 saturated carbocycles. The van der Waals surface area contributed by atoms with E-state index >= 15 is 0 Å². The summed E-state index contributed by atoms with van der Waals surface area (Å²) in [5, 5.41) is 0. The van der Waals surface area contributed by atoms with Gasteiger partial charge in [0.1, 0.15) is 11.5 Å². The fourth-order valence-electron chi connectivity index (χ4n) is 1.73. The third-order valence-electron chi connectivity index (χ3n) is 2.63. The second-order valence-corrected chi connectivity index (χ2v) is 3.86. The van der Waals surface area contributed by atoms with E-state index in [9.17, 15) is 4.79 Å². The van der Waals surface area contributed by atoms with Gasteiger partial charge in [0.2, 0.25) is 0 Å². The number of ketones is 1. The number of hydrogen-bond donors (Lipinski definition) is 0. The van der Waals surface area contributed by atoms with Crippen LogP contribution in [-0.4, -0.2) is 12.9 Å². The molecule has 88 valence electrons. The minimum Gasteiger partial charge on any atom is -0.496 e. The highest BCUT2D eigenvalue weighted by Gasteiger charge is 2.10. The average Bonchev–Trinajstić information content (AvgIpc) is 2.81. The SMILES string of the molecule is COc1ccc(C(=O)Cc2ccco2)cc1C. The first-order valence-corrected chi connectivity index (χ1v) is 5.41. The number of methoxy groups -OCH3 is 1. The van der Waals surface area contributed by atoms with Gasteiger partial charge in [0.25, 0.3) is 0 Å². The Bertz CT molecular complexity index is 512. The summed E-state index contributed by atoms with van der Waals surface area (Å²) in [4.78, 5) is 12.0. The molecule has 0 aliphatic rings. The molecule has 0 atom stereocenters. The summed E-state index contributed by atoms with van der Waals surface area (Å²) in [6.07, 6.45) is 1.86. The van der Waals surface area contributed by atoms with Gasteiger partial charge >= 0.3 is 0 Å². The number of hydrogen-bond acceptors (Lipinski definition) is 3. The van der Waals surface area contributed by atoms with Crippen LogP contribution in [-0.2, 0) is 6.42 Å². The van der Waals surface area contributed by atoms with Gasteiger partial charge in [-0.1, -0.05) is 0 Å². The quantitative estimate of drug-likeness (QED) is 0.758. The summed E-state index contributed by atoms with van der Waals surface area (Å²) in [6.45, 7) is 1.92. The number of benzene rings is 1. The Balaban J connectivity index is 2.17. The largest absolute Gasteiger partial charge is 0.496 e. The molecular formula is C14H14O3. The average molecular weight is 230 g/mol. The van der Waals surface area contributed by atoms with Crippen LogP contribution in [0.2, 0.25) is 0 Å². The number of Topliss-reactive ketones (excluding diaryl/α,β-unsaturated/α-hetero) is 1. The fraction of sp³-hybridized carbons (Fsp3) is 0.214. The smallest absolute Gasteiger partial charge is 0.170 e. The van der Waals surface area contributed by atoms with Crippen molar-refractivity contribution in [1.29, 1.82) is 0 Å².